The van der Waals surface area contributed by atoms with E-state index in [1.165, 1.54) is 0 Å². The zero-order valence-corrected chi connectivity index (χ0v) is 16.0. The second-order valence-electron chi connectivity index (χ2n) is 6.66. The summed E-state index contributed by atoms with van der Waals surface area (Å²) in [6.45, 7) is 4.50. The van der Waals surface area contributed by atoms with E-state index in [1.54, 1.807) is 24.3 Å². The molecule has 0 aliphatic carbocycles. The number of carbonyl (C=O) groups is 2. The van der Waals surface area contributed by atoms with E-state index in [1.807, 2.05) is 32.0 Å². The molecule has 2 aromatic rings. The summed E-state index contributed by atoms with van der Waals surface area (Å²) in [6, 6.07) is 12.5. The molecule has 7 nitrogen and oxygen atoms in total. The van der Waals surface area contributed by atoms with Crippen LogP contribution in [0.4, 0.5) is 0 Å². The summed E-state index contributed by atoms with van der Waals surface area (Å²) in [5, 5.41) is 5.40. The topological polar surface area (TPSA) is 85.9 Å². The molecule has 1 aliphatic rings. The van der Waals surface area contributed by atoms with Gasteiger partial charge in [-0.2, -0.15) is 0 Å². The highest BCUT2D eigenvalue weighted by atomic mass is 16.7. The lowest BCUT2D eigenvalue weighted by Gasteiger charge is -2.10. The Bertz CT molecular complexity index is 833. The van der Waals surface area contributed by atoms with E-state index >= 15 is 0 Å². The number of fused-ring (bicyclic) bond motifs is 1. The average Bonchev–Trinajstić information content (AvgIpc) is 3.14. The van der Waals surface area contributed by atoms with Crippen molar-refractivity contribution in [2.45, 2.75) is 26.4 Å². The minimum Gasteiger partial charge on any atom is -0.491 e. The van der Waals surface area contributed by atoms with Crippen LogP contribution in [0.25, 0.3) is 0 Å². The van der Waals surface area contributed by atoms with Crippen LogP contribution >= 0.6 is 0 Å². The third kappa shape index (κ3) is 5.39. The molecular formula is C21H24N2O5. The summed E-state index contributed by atoms with van der Waals surface area (Å²) in [6.07, 6.45) is 0.731. The molecule has 0 fully saturated rings. The van der Waals surface area contributed by atoms with Crippen molar-refractivity contribution in [1.82, 2.24) is 10.6 Å². The van der Waals surface area contributed by atoms with Gasteiger partial charge in [0, 0.05) is 12.1 Å². The van der Waals surface area contributed by atoms with Gasteiger partial charge in [0.1, 0.15) is 5.75 Å². The number of nitrogens with one attached hydrogen (secondary N) is 2. The zero-order chi connectivity index (χ0) is 19.9. The maximum absolute atomic E-state index is 12.1. The Hall–Kier alpha value is -3.22. The number of ether oxygens (including phenoxy) is 3. The number of hydrogen-bond acceptors (Lipinski definition) is 5. The molecule has 0 saturated carbocycles. The third-order valence-electron chi connectivity index (χ3n) is 4.07. The van der Waals surface area contributed by atoms with Gasteiger partial charge in [0.15, 0.2) is 11.5 Å². The molecule has 7 heteroatoms. The Morgan fingerprint density at radius 2 is 1.79 bits per heavy atom. The lowest BCUT2D eigenvalue weighted by Crippen LogP contribution is -2.37. The van der Waals surface area contributed by atoms with Gasteiger partial charge in [-0.05, 0) is 62.2 Å². The van der Waals surface area contributed by atoms with Gasteiger partial charge in [-0.3, -0.25) is 9.59 Å². The second-order valence-corrected chi connectivity index (χ2v) is 6.66. The fourth-order valence-electron chi connectivity index (χ4n) is 2.72. The first-order valence-corrected chi connectivity index (χ1v) is 9.21. The van der Waals surface area contributed by atoms with Crippen molar-refractivity contribution in [2.24, 2.45) is 0 Å². The highest BCUT2D eigenvalue weighted by Gasteiger charge is 2.13. The van der Waals surface area contributed by atoms with Crippen LogP contribution in [0.15, 0.2) is 42.5 Å². The van der Waals surface area contributed by atoms with Crippen molar-refractivity contribution in [3.63, 3.8) is 0 Å². The molecule has 0 bridgehead atoms. The monoisotopic (exact) mass is 384 g/mol. The molecule has 0 atom stereocenters. The van der Waals surface area contributed by atoms with E-state index in [4.69, 9.17) is 14.2 Å². The summed E-state index contributed by atoms with van der Waals surface area (Å²) in [7, 11) is 0. The molecule has 0 saturated heterocycles. The fraction of sp³-hybridized carbons (Fsp3) is 0.333. The largest absolute Gasteiger partial charge is 0.491 e. The van der Waals surface area contributed by atoms with Crippen molar-refractivity contribution in [3.8, 4) is 17.2 Å². The van der Waals surface area contributed by atoms with Crippen LogP contribution in [0.2, 0.25) is 0 Å². The molecular weight excluding hydrogens is 360 g/mol. The molecule has 2 N–H and O–H groups in total. The lowest BCUT2D eigenvalue weighted by atomic mass is 10.1. The molecule has 148 valence electrons. The van der Waals surface area contributed by atoms with Crippen LogP contribution in [0.3, 0.4) is 0 Å². The van der Waals surface area contributed by atoms with Crippen molar-refractivity contribution >= 4 is 11.8 Å². The molecule has 2 aromatic carbocycles. The standard InChI is InChI=1S/C21H24N2O5/c1-14(2)28-17-6-4-16(5-7-17)21(25)23-12-20(24)22-10-9-15-3-8-18-19(11-15)27-13-26-18/h3-8,11,14H,9-10,12-13H2,1-2H3,(H,22,24)(H,23,25). The third-order valence-corrected chi connectivity index (χ3v) is 4.07. The van der Waals surface area contributed by atoms with Gasteiger partial charge in [-0.25, -0.2) is 0 Å². The normalized spacial score (nSPS) is 12.0. The average molecular weight is 384 g/mol. The minimum absolute atomic E-state index is 0.0704. The van der Waals surface area contributed by atoms with Crippen LogP contribution in [0.1, 0.15) is 29.8 Å². The zero-order valence-electron chi connectivity index (χ0n) is 16.0. The van der Waals surface area contributed by atoms with E-state index in [0.717, 1.165) is 17.1 Å². The number of carbonyl (C=O) groups excluding carboxylic acids is 2. The molecule has 28 heavy (non-hydrogen) atoms. The fourth-order valence-corrected chi connectivity index (χ4v) is 2.72. The Balaban J connectivity index is 1.38. The van der Waals surface area contributed by atoms with Crippen molar-refractivity contribution in [3.05, 3.63) is 53.6 Å². The summed E-state index contributed by atoms with van der Waals surface area (Å²) in [5.74, 6) is 1.61. The first-order valence-electron chi connectivity index (χ1n) is 9.21. The van der Waals surface area contributed by atoms with Crippen LogP contribution in [0.5, 0.6) is 17.2 Å². The SMILES string of the molecule is CC(C)Oc1ccc(C(=O)NCC(=O)NCCc2ccc3c(c2)OCO3)cc1. The molecule has 0 spiro atoms. The van der Waals surface area contributed by atoms with Crippen molar-refractivity contribution in [1.29, 1.82) is 0 Å². The summed E-state index contributed by atoms with van der Waals surface area (Å²) >= 11 is 0. The molecule has 0 unspecified atom stereocenters. The summed E-state index contributed by atoms with van der Waals surface area (Å²) < 4.78 is 16.1. The van der Waals surface area contributed by atoms with Gasteiger partial charge >= 0.3 is 0 Å². The smallest absolute Gasteiger partial charge is 0.251 e. The Morgan fingerprint density at radius 3 is 2.54 bits per heavy atom. The van der Waals surface area contributed by atoms with Gasteiger partial charge < -0.3 is 24.8 Å². The van der Waals surface area contributed by atoms with E-state index in [0.29, 0.717) is 24.3 Å². The molecule has 2 amide bonds. The maximum atomic E-state index is 12.1. The predicted octanol–water partition coefficient (Wildman–Crippen LogP) is 2.29. The van der Waals surface area contributed by atoms with Gasteiger partial charge in [0.2, 0.25) is 12.7 Å². The van der Waals surface area contributed by atoms with Gasteiger partial charge in [0.05, 0.1) is 12.6 Å². The number of rotatable bonds is 8. The summed E-state index contributed by atoms with van der Waals surface area (Å²) in [4.78, 5) is 24.1. The number of amides is 2. The summed E-state index contributed by atoms with van der Waals surface area (Å²) in [5.41, 5.74) is 1.52. The molecule has 0 radical (unpaired) electrons. The molecule has 1 aliphatic heterocycles. The van der Waals surface area contributed by atoms with Crippen LogP contribution in [-0.2, 0) is 11.2 Å². The maximum Gasteiger partial charge on any atom is 0.251 e. The highest BCUT2D eigenvalue weighted by molar-refractivity contribution is 5.96. The lowest BCUT2D eigenvalue weighted by molar-refractivity contribution is -0.120. The van der Waals surface area contributed by atoms with Gasteiger partial charge in [-0.1, -0.05) is 6.07 Å². The molecule has 1 heterocycles. The predicted molar refractivity (Wildman–Crippen MR) is 104 cm³/mol. The van der Waals surface area contributed by atoms with Crippen LogP contribution in [-0.4, -0.2) is 37.8 Å². The minimum atomic E-state index is -0.304. The molecule has 3 rings (SSSR count). The van der Waals surface area contributed by atoms with E-state index in [9.17, 15) is 9.59 Å². The second kappa shape index (κ2) is 9.12. The number of benzene rings is 2. The van der Waals surface area contributed by atoms with Crippen LogP contribution < -0.4 is 24.8 Å². The van der Waals surface area contributed by atoms with E-state index in [-0.39, 0.29) is 31.3 Å². The first kappa shape index (κ1) is 19.5. The van der Waals surface area contributed by atoms with E-state index < -0.39 is 0 Å². The highest BCUT2D eigenvalue weighted by Crippen LogP contribution is 2.32. The number of hydrogen-bond donors (Lipinski definition) is 2. The van der Waals surface area contributed by atoms with E-state index in [2.05, 4.69) is 10.6 Å². The Morgan fingerprint density at radius 1 is 1.04 bits per heavy atom. The van der Waals surface area contributed by atoms with Crippen LogP contribution in [0, 0.1) is 0 Å². The van der Waals surface area contributed by atoms with Crippen molar-refractivity contribution < 1.29 is 23.8 Å². The Labute approximate surface area is 164 Å². The van der Waals surface area contributed by atoms with Gasteiger partial charge in [-0.15, -0.1) is 0 Å². The first-order chi connectivity index (χ1) is 13.5. The van der Waals surface area contributed by atoms with Gasteiger partial charge in [0.25, 0.3) is 5.91 Å². The molecule has 0 aromatic heterocycles. The van der Waals surface area contributed by atoms with Crippen molar-refractivity contribution in [2.75, 3.05) is 19.9 Å². The quantitative estimate of drug-likeness (QED) is 0.729. The Kier molecular flexibility index (Phi) is 6.37.